The molecule has 0 fully saturated rings. The van der Waals surface area contributed by atoms with Gasteiger partial charge in [-0.3, -0.25) is 34.1 Å². The van der Waals surface area contributed by atoms with Crippen molar-refractivity contribution in [2.75, 3.05) is 79.5 Å². The summed E-state index contributed by atoms with van der Waals surface area (Å²) in [5.41, 5.74) is -0.616. The maximum atomic E-state index is 12.5. The topological polar surface area (TPSA) is 393 Å². The lowest BCUT2D eigenvalue weighted by molar-refractivity contribution is -0.144. The zero-order valence-electron chi connectivity index (χ0n) is 46.1. The third-order valence-corrected chi connectivity index (χ3v) is 12.6. The Hall–Kier alpha value is -5.38. The summed E-state index contributed by atoms with van der Waals surface area (Å²) < 4.78 is 21.3. The SMILES string of the molecule is CC[C@@](C=O)(CCCCNC(=O)CC[C@H](NC(=O)CC[C@H](NC(=O)COCCOCCNC(=O)COCCOCCNC(O)CC[C@H](NC(=O)CCCCCCCCCCCCCCC(=O)O)C(=O)O)C(=O)O)C(=O)O)NC. The highest BCUT2D eigenvalue weighted by Crippen LogP contribution is 2.16. The average Bonchev–Trinajstić information content (AvgIpc) is 3.39. The number of likely N-dealkylation sites (N-methyl/N-ethyl adjacent to an activating group) is 1. The fraction of sp³-hybridized carbons (Fsp3) is 0.808. The molecule has 0 rings (SSSR count). The number of aldehydes is 1. The molecule has 26 nitrogen and oxygen atoms in total. The highest BCUT2D eigenvalue weighted by molar-refractivity contribution is 5.87. The van der Waals surface area contributed by atoms with Crippen molar-refractivity contribution in [2.45, 2.75) is 191 Å². The summed E-state index contributed by atoms with van der Waals surface area (Å²) in [4.78, 5) is 119. The summed E-state index contributed by atoms with van der Waals surface area (Å²) in [6.07, 6.45) is 13.9. The molecule has 0 bridgehead atoms. The quantitative estimate of drug-likeness (QED) is 0.0233. The summed E-state index contributed by atoms with van der Waals surface area (Å²) in [5, 5.41) is 65.7. The molecular formula is C52H93N7O19. The molecule has 78 heavy (non-hydrogen) atoms. The van der Waals surface area contributed by atoms with Crippen molar-refractivity contribution in [3.63, 3.8) is 0 Å². The number of carboxylic acids is 4. The number of carboxylic acid groups (broad SMARTS) is 4. The van der Waals surface area contributed by atoms with Crippen LogP contribution in [-0.2, 0) is 66.9 Å². The van der Waals surface area contributed by atoms with Gasteiger partial charge in [0.25, 0.3) is 0 Å². The molecule has 0 aliphatic carbocycles. The minimum atomic E-state index is -1.48. The van der Waals surface area contributed by atoms with Crippen LogP contribution in [0.25, 0.3) is 0 Å². The molecule has 12 N–H and O–H groups in total. The number of unbranched alkanes of at least 4 members (excludes halogenated alkanes) is 12. The van der Waals surface area contributed by atoms with Gasteiger partial charge in [-0.25, -0.2) is 14.4 Å². The normalized spacial score (nSPS) is 13.5. The van der Waals surface area contributed by atoms with E-state index >= 15 is 0 Å². The third kappa shape index (κ3) is 41.7. The number of aliphatic hydroxyl groups is 1. The van der Waals surface area contributed by atoms with E-state index in [9.17, 15) is 68.4 Å². The second-order valence-electron chi connectivity index (χ2n) is 19.0. The Morgan fingerprint density at radius 1 is 0.462 bits per heavy atom. The summed E-state index contributed by atoms with van der Waals surface area (Å²) in [6.45, 7) is 2.47. The van der Waals surface area contributed by atoms with Crippen molar-refractivity contribution in [3.05, 3.63) is 0 Å². The number of nitrogens with one attached hydrogen (secondary N) is 7. The molecule has 0 aromatic heterocycles. The van der Waals surface area contributed by atoms with Crippen molar-refractivity contribution in [2.24, 2.45) is 0 Å². The number of hydrogen-bond acceptors (Lipinski definition) is 17. The fourth-order valence-corrected chi connectivity index (χ4v) is 7.79. The van der Waals surface area contributed by atoms with E-state index in [-0.39, 0.29) is 110 Å². The van der Waals surface area contributed by atoms with Gasteiger partial charge in [0.05, 0.1) is 45.2 Å². The molecule has 0 saturated carbocycles. The molecule has 0 aromatic rings. The number of aliphatic hydroxyl groups excluding tert-OH is 1. The summed E-state index contributed by atoms with van der Waals surface area (Å²) in [7, 11) is 1.71. The molecule has 1 unspecified atom stereocenters. The Morgan fingerprint density at radius 3 is 1.40 bits per heavy atom. The molecular weight excluding hydrogens is 1030 g/mol. The van der Waals surface area contributed by atoms with Crippen LogP contribution >= 0.6 is 0 Å². The molecule has 26 heteroatoms. The fourth-order valence-electron chi connectivity index (χ4n) is 7.79. The molecule has 0 saturated heterocycles. The number of carbonyl (C=O) groups is 10. The molecule has 0 radical (unpaired) electrons. The van der Waals surface area contributed by atoms with Gasteiger partial charge >= 0.3 is 23.9 Å². The van der Waals surface area contributed by atoms with Crippen LogP contribution < -0.4 is 37.2 Å². The van der Waals surface area contributed by atoms with Crippen LogP contribution in [0.3, 0.4) is 0 Å². The van der Waals surface area contributed by atoms with Crippen LogP contribution in [0.4, 0.5) is 0 Å². The van der Waals surface area contributed by atoms with Gasteiger partial charge in [-0.1, -0.05) is 71.1 Å². The molecule has 450 valence electrons. The van der Waals surface area contributed by atoms with Gasteiger partial charge in [-0.05, 0) is 71.3 Å². The van der Waals surface area contributed by atoms with Crippen molar-refractivity contribution in [1.29, 1.82) is 0 Å². The van der Waals surface area contributed by atoms with E-state index in [2.05, 4.69) is 37.2 Å². The smallest absolute Gasteiger partial charge is 0.326 e. The van der Waals surface area contributed by atoms with Crippen molar-refractivity contribution in [1.82, 2.24) is 37.2 Å². The maximum Gasteiger partial charge on any atom is 0.326 e. The van der Waals surface area contributed by atoms with E-state index in [4.69, 9.17) is 24.1 Å². The Labute approximate surface area is 458 Å². The van der Waals surface area contributed by atoms with Gasteiger partial charge in [0, 0.05) is 45.3 Å². The summed E-state index contributed by atoms with van der Waals surface area (Å²) >= 11 is 0. The molecule has 0 aromatic carbocycles. The number of aliphatic carboxylic acids is 4. The predicted octanol–water partition coefficient (Wildman–Crippen LogP) is 1.53. The van der Waals surface area contributed by atoms with Gasteiger partial charge in [-0.2, -0.15) is 0 Å². The van der Waals surface area contributed by atoms with Crippen molar-refractivity contribution < 1.29 is 92.4 Å². The summed E-state index contributed by atoms with van der Waals surface area (Å²) in [6, 6.07) is -4.00. The minimum absolute atomic E-state index is 0.0304. The number of ether oxygens (including phenoxy) is 4. The van der Waals surface area contributed by atoms with Crippen LogP contribution in [0.2, 0.25) is 0 Å². The van der Waals surface area contributed by atoms with Gasteiger partial charge < -0.3 is 81.2 Å². The van der Waals surface area contributed by atoms with E-state index in [1.54, 1.807) is 7.05 Å². The summed E-state index contributed by atoms with van der Waals surface area (Å²) in [5.74, 6) is -7.44. The van der Waals surface area contributed by atoms with E-state index in [1.165, 1.54) is 6.42 Å². The molecule has 0 aliphatic heterocycles. The van der Waals surface area contributed by atoms with Gasteiger partial charge in [0.2, 0.25) is 29.5 Å². The monoisotopic (exact) mass is 1120 g/mol. The zero-order valence-corrected chi connectivity index (χ0v) is 46.1. The predicted molar refractivity (Wildman–Crippen MR) is 284 cm³/mol. The molecule has 0 spiro atoms. The van der Waals surface area contributed by atoms with E-state index in [0.717, 1.165) is 70.5 Å². The number of carbonyl (C=O) groups excluding carboxylic acids is 6. The van der Waals surface area contributed by atoms with Crippen LogP contribution in [0.1, 0.15) is 161 Å². The van der Waals surface area contributed by atoms with Crippen molar-refractivity contribution >= 4 is 59.7 Å². The molecule has 5 atom stereocenters. The number of rotatable bonds is 55. The lowest BCUT2D eigenvalue weighted by atomic mass is 9.91. The highest BCUT2D eigenvalue weighted by Gasteiger charge is 2.26. The first-order valence-electron chi connectivity index (χ1n) is 27.6. The largest absolute Gasteiger partial charge is 0.481 e. The molecule has 5 amide bonds. The Bertz CT molecular complexity index is 1720. The molecule has 0 heterocycles. The third-order valence-electron chi connectivity index (χ3n) is 12.6. The Balaban J connectivity index is 4.01. The van der Waals surface area contributed by atoms with E-state index in [0.29, 0.717) is 38.6 Å². The maximum absolute atomic E-state index is 12.5. The number of amides is 5. The van der Waals surface area contributed by atoms with Gasteiger partial charge in [-0.15, -0.1) is 0 Å². The van der Waals surface area contributed by atoms with Crippen molar-refractivity contribution in [3.8, 4) is 0 Å². The zero-order chi connectivity index (χ0) is 58.2. The Kier molecular flexibility index (Phi) is 44.3. The minimum Gasteiger partial charge on any atom is -0.481 e. The van der Waals surface area contributed by atoms with Crippen LogP contribution in [-0.4, -0.2) is 195 Å². The van der Waals surface area contributed by atoms with Crippen LogP contribution in [0.5, 0.6) is 0 Å². The second-order valence-corrected chi connectivity index (χ2v) is 19.0. The first kappa shape index (κ1) is 72.6. The lowest BCUT2D eigenvalue weighted by Gasteiger charge is -2.25. The second kappa shape index (κ2) is 47.6. The molecule has 0 aliphatic rings. The van der Waals surface area contributed by atoms with Crippen LogP contribution in [0, 0.1) is 0 Å². The first-order valence-corrected chi connectivity index (χ1v) is 27.6. The van der Waals surface area contributed by atoms with E-state index < -0.39 is 90.4 Å². The van der Waals surface area contributed by atoms with Crippen LogP contribution in [0.15, 0.2) is 0 Å². The Morgan fingerprint density at radius 2 is 0.897 bits per heavy atom. The standard InChI is InChI=1S/C52H93N7O19/c1-3-52(38-60,53-2)26-16-17-27-54-42(61)23-20-40(50(71)72)58-45(64)25-22-41(51(73)74)59-47(66)37-78-35-33-76-31-29-56-46(65)36-77-34-32-75-30-28-55-43(62)24-21-39(49(69)70)57-44(63)18-14-12-10-8-6-4-5-7-9-11-13-15-19-48(67)68/h38-41,43,53,55,62H,3-37H2,1-2H3,(H,54,61)(H,56,65)(H,57,63)(H,58,64)(H,59,66)(H,67,68)(H,69,70)(H,71,72)(H,73,74)/t39-,40-,41-,43?,52-/m0/s1. The van der Waals surface area contributed by atoms with Gasteiger partial charge in [0.15, 0.2) is 0 Å². The lowest BCUT2D eigenvalue weighted by Crippen LogP contribution is -2.45. The number of hydrogen-bond donors (Lipinski definition) is 12. The van der Waals surface area contributed by atoms with Gasteiger partial charge in [0.1, 0.15) is 43.9 Å². The average molecular weight is 1120 g/mol. The first-order chi connectivity index (χ1) is 37.4. The van der Waals surface area contributed by atoms with E-state index in [1.807, 2.05) is 6.92 Å². The highest BCUT2D eigenvalue weighted by atomic mass is 16.5.